The summed E-state index contributed by atoms with van der Waals surface area (Å²) in [6.07, 6.45) is -1.23. The lowest BCUT2D eigenvalue weighted by Crippen LogP contribution is -2.70. The third-order valence-electron chi connectivity index (χ3n) is 1.78. The molecule has 0 amide bonds. The first-order valence-electron chi connectivity index (χ1n) is 3.34. The molecule has 1 rings (SSSR count). The molecule has 1 aliphatic rings. The average molecular weight is 192 g/mol. The van der Waals surface area contributed by atoms with E-state index in [4.69, 9.17) is 5.11 Å². The summed E-state index contributed by atoms with van der Waals surface area (Å²) >= 11 is 0. The van der Waals surface area contributed by atoms with Crippen molar-refractivity contribution in [1.29, 1.82) is 0 Å². The summed E-state index contributed by atoms with van der Waals surface area (Å²) in [5.74, 6) is -3.75. The molecule has 0 saturated carbocycles. The largest absolute Gasteiger partial charge is 0.518 e. The van der Waals surface area contributed by atoms with Crippen LogP contribution in [0.1, 0.15) is 6.92 Å². The van der Waals surface area contributed by atoms with Gasteiger partial charge in [-0.2, -0.15) is 0 Å². The van der Waals surface area contributed by atoms with E-state index >= 15 is 0 Å². The Hall–Kier alpha value is -1.18. The zero-order valence-electron chi connectivity index (χ0n) is 6.68. The maximum Gasteiger partial charge on any atom is 0.518 e. The van der Waals surface area contributed by atoms with Gasteiger partial charge in [0.25, 0.3) is 5.60 Å². The van der Waals surface area contributed by atoms with Crippen LogP contribution in [0.3, 0.4) is 0 Å². The molecule has 0 spiro atoms. The molecule has 7 heteroatoms. The molecule has 1 heterocycles. The highest BCUT2D eigenvalue weighted by atomic mass is 17.0. The van der Waals surface area contributed by atoms with Crippen LogP contribution in [0.25, 0.3) is 0 Å². The van der Waals surface area contributed by atoms with Crippen LogP contribution in [0, 0.1) is 0 Å². The van der Waals surface area contributed by atoms with Crippen molar-refractivity contribution in [2.24, 2.45) is 0 Å². The summed E-state index contributed by atoms with van der Waals surface area (Å²) in [6.45, 7) is -0.212. The van der Waals surface area contributed by atoms with Gasteiger partial charge in [-0.3, -0.25) is 4.79 Å². The molecule has 1 saturated heterocycles. The van der Waals surface area contributed by atoms with Gasteiger partial charge < -0.3 is 24.8 Å². The van der Waals surface area contributed by atoms with E-state index in [1.54, 1.807) is 0 Å². The summed E-state index contributed by atoms with van der Waals surface area (Å²) in [5, 5.41) is 27.2. The van der Waals surface area contributed by atoms with Gasteiger partial charge in [0, 0.05) is 0 Å². The molecule has 0 aromatic carbocycles. The van der Waals surface area contributed by atoms with Gasteiger partial charge in [-0.05, 0) is 6.92 Å². The van der Waals surface area contributed by atoms with Gasteiger partial charge in [-0.25, -0.2) is 4.79 Å². The first kappa shape index (κ1) is 9.90. The number of ether oxygens (including phenoxy) is 2. The van der Waals surface area contributed by atoms with Crippen molar-refractivity contribution in [2.45, 2.75) is 18.5 Å². The second-order valence-corrected chi connectivity index (χ2v) is 2.61. The molecule has 1 unspecified atom stereocenters. The van der Waals surface area contributed by atoms with E-state index in [1.807, 2.05) is 0 Å². The molecule has 1 aliphatic heterocycles. The minimum Gasteiger partial charge on any atom is -0.392 e. The Balaban J connectivity index is 2.89. The first-order valence-corrected chi connectivity index (χ1v) is 3.34. The van der Waals surface area contributed by atoms with Gasteiger partial charge in [0.15, 0.2) is 5.78 Å². The highest BCUT2D eigenvalue weighted by molar-refractivity contribution is 5.87. The lowest BCUT2D eigenvalue weighted by Gasteiger charge is -2.42. The first-order chi connectivity index (χ1) is 5.85. The van der Waals surface area contributed by atoms with E-state index in [0.717, 1.165) is 6.92 Å². The smallest absolute Gasteiger partial charge is 0.392 e. The van der Waals surface area contributed by atoms with Crippen LogP contribution >= 0.6 is 0 Å². The zero-order valence-corrected chi connectivity index (χ0v) is 6.68. The number of carbonyl (C=O) groups is 2. The molecule has 0 bridgehead atoms. The number of cyclic esters (lactones) is 2. The predicted octanol–water partition coefficient (Wildman–Crippen LogP) is -1.89. The molecule has 3 N–H and O–H groups in total. The summed E-state index contributed by atoms with van der Waals surface area (Å²) in [6, 6.07) is 0. The molecular formula is C6H8O7. The number of aliphatic hydroxyl groups is 3. The van der Waals surface area contributed by atoms with Crippen LogP contribution in [0.2, 0.25) is 0 Å². The van der Waals surface area contributed by atoms with Gasteiger partial charge in [0.2, 0.25) is 0 Å². The molecular weight excluding hydrogens is 184 g/mol. The van der Waals surface area contributed by atoms with Gasteiger partial charge in [-0.15, -0.1) is 0 Å². The maximum absolute atomic E-state index is 10.8. The second-order valence-electron chi connectivity index (χ2n) is 2.61. The molecule has 0 aromatic rings. The number of carbonyl (C=O) groups excluding carboxylic acids is 2. The number of ketones is 1. The molecule has 1 fully saturated rings. The van der Waals surface area contributed by atoms with Crippen LogP contribution in [0.5, 0.6) is 0 Å². The number of rotatable bonds is 3. The summed E-state index contributed by atoms with van der Waals surface area (Å²) < 4.78 is 8.02. The van der Waals surface area contributed by atoms with Crippen LogP contribution in [0.4, 0.5) is 4.79 Å². The molecule has 74 valence electrons. The van der Waals surface area contributed by atoms with Crippen LogP contribution in [-0.2, 0) is 14.3 Å². The zero-order chi connectivity index (χ0) is 10.3. The van der Waals surface area contributed by atoms with E-state index < -0.39 is 30.1 Å². The van der Waals surface area contributed by atoms with E-state index in [2.05, 4.69) is 9.47 Å². The Labute approximate surface area is 72.5 Å². The van der Waals surface area contributed by atoms with Crippen molar-refractivity contribution >= 4 is 11.9 Å². The van der Waals surface area contributed by atoms with Crippen LogP contribution < -0.4 is 0 Å². The van der Waals surface area contributed by atoms with Gasteiger partial charge in [0.05, 0.1) is 6.61 Å². The van der Waals surface area contributed by atoms with Crippen molar-refractivity contribution in [2.75, 3.05) is 6.61 Å². The van der Waals surface area contributed by atoms with Gasteiger partial charge in [-0.1, -0.05) is 0 Å². The lowest BCUT2D eigenvalue weighted by atomic mass is 9.96. The minimum atomic E-state index is -2.77. The molecule has 1 atom stereocenters. The fourth-order valence-electron chi connectivity index (χ4n) is 0.836. The normalized spacial score (nSPS) is 23.5. The Kier molecular flexibility index (Phi) is 2.02. The van der Waals surface area contributed by atoms with Crippen LogP contribution in [-0.4, -0.2) is 45.4 Å². The Bertz CT molecular complexity index is 252. The second kappa shape index (κ2) is 2.66. The van der Waals surface area contributed by atoms with Gasteiger partial charge in [0.1, 0.15) is 0 Å². The van der Waals surface area contributed by atoms with E-state index in [-0.39, 0.29) is 0 Å². The fraction of sp³-hybridized carbons (Fsp3) is 0.667. The molecule has 0 aromatic heterocycles. The third-order valence-corrected chi connectivity index (χ3v) is 1.78. The predicted molar refractivity (Wildman–Crippen MR) is 35.2 cm³/mol. The third kappa shape index (κ3) is 1.17. The number of hydrogen-bond donors (Lipinski definition) is 3. The van der Waals surface area contributed by atoms with Gasteiger partial charge >= 0.3 is 12.1 Å². The SMILES string of the molecule is CC(=O)C(O)(CO)C1(O)OC(=O)O1. The Morgan fingerprint density at radius 2 is 2.08 bits per heavy atom. The average Bonchev–Trinajstić information content (AvgIpc) is 1.99. The minimum absolute atomic E-state index is 0.906. The van der Waals surface area contributed by atoms with E-state index in [9.17, 15) is 19.8 Å². The number of aliphatic hydroxyl groups excluding tert-OH is 1. The fourth-order valence-corrected chi connectivity index (χ4v) is 0.836. The van der Waals surface area contributed by atoms with E-state index in [1.165, 1.54) is 0 Å². The quantitative estimate of drug-likeness (QED) is 0.448. The van der Waals surface area contributed by atoms with Crippen molar-refractivity contribution in [1.82, 2.24) is 0 Å². The van der Waals surface area contributed by atoms with Crippen molar-refractivity contribution in [3.8, 4) is 0 Å². The molecule has 7 nitrogen and oxygen atoms in total. The summed E-state index contributed by atoms with van der Waals surface area (Å²) in [7, 11) is 0. The number of Topliss-reactive ketones (excluding diaryl/α,β-unsaturated/α-hetero) is 1. The molecule has 0 radical (unpaired) electrons. The Morgan fingerprint density at radius 3 is 2.31 bits per heavy atom. The maximum atomic E-state index is 10.8. The topological polar surface area (TPSA) is 113 Å². The monoisotopic (exact) mass is 192 g/mol. The van der Waals surface area contributed by atoms with E-state index in [0.29, 0.717) is 0 Å². The highest BCUT2D eigenvalue weighted by Crippen LogP contribution is 2.33. The van der Waals surface area contributed by atoms with Crippen molar-refractivity contribution in [3.05, 3.63) is 0 Å². The molecule has 0 aliphatic carbocycles. The summed E-state index contributed by atoms with van der Waals surface area (Å²) in [5.41, 5.74) is -2.64. The van der Waals surface area contributed by atoms with Crippen LogP contribution in [0.15, 0.2) is 0 Å². The molecule has 13 heavy (non-hydrogen) atoms. The summed E-state index contributed by atoms with van der Waals surface area (Å²) in [4.78, 5) is 21.0. The Morgan fingerprint density at radius 1 is 1.62 bits per heavy atom. The number of hydrogen-bond acceptors (Lipinski definition) is 7. The standard InChI is InChI=1S/C6H8O7/c1-3(8)5(10,2-7)6(11)12-4(9)13-6/h7,10-11H,2H2,1H3. The lowest BCUT2D eigenvalue weighted by molar-refractivity contribution is -0.439. The highest BCUT2D eigenvalue weighted by Gasteiger charge is 2.66. The van der Waals surface area contributed by atoms with Crippen molar-refractivity contribution in [3.63, 3.8) is 0 Å². The van der Waals surface area contributed by atoms with Crippen molar-refractivity contribution < 1.29 is 34.4 Å².